The quantitative estimate of drug-likeness (QED) is 0.889. The normalized spacial score (nSPS) is 10.4. The van der Waals surface area contributed by atoms with Crippen LogP contribution in [-0.4, -0.2) is 21.2 Å². The Morgan fingerprint density at radius 1 is 1.47 bits per heavy atom. The minimum atomic E-state index is -0.950. The van der Waals surface area contributed by atoms with Crippen molar-refractivity contribution < 1.29 is 19.2 Å². The number of ether oxygens (including phenoxy) is 1. The SMILES string of the molecule is CCc1noc(COc2ccc(C(=O)O)c(C)c2)n1. The molecule has 0 saturated carbocycles. The first-order valence-corrected chi connectivity index (χ1v) is 5.88. The molecule has 0 saturated heterocycles. The third kappa shape index (κ3) is 3.09. The van der Waals surface area contributed by atoms with Gasteiger partial charge in [-0.2, -0.15) is 4.98 Å². The molecular weight excluding hydrogens is 248 g/mol. The van der Waals surface area contributed by atoms with Gasteiger partial charge in [-0.15, -0.1) is 0 Å². The first kappa shape index (κ1) is 13.1. The molecule has 2 rings (SSSR count). The molecule has 0 amide bonds. The number of benzene rings is 1. The minimum absolute atomic E-state index is 0.166. The van der Waals surface area contributed by atoms with Gasteiger partial charge in [0.15, 0.2) is 12.4 Å². The average Bonchev–Trinajstić information content (AvgIpc) is 2.84. The molecular formula is C13H14N2O4. The summed E-state index contributed by atoms with van der Waals surface area (Å²) in [6, 6.07) is 4.78. The van der Waals surface area contributed by atoms with Gasteiger partial charge in [-0.1, -0.05) is 12.1 Å². The van der Waals surface area contributed by atoms with Crippen molar-refractivity contribution in [2.24, 2.45) is 0 Å². The van der Waals surface area contributed by atoms with Crippen molar-refractivity contribution in [3.05, 3.63) is 41.0 Å². The lowest BCUT2D eigenvalue weighted by Gasteiger charge is -2.06. The van der Waals surface area contributed by atoms with E-state index in [1.165, 1.54) is 6.07 Å². The van der Waals surface area contributed by atoms with Crippen molar-refractivity contribution in [3.8, 4) is 5.75 Å². The molecule has 6 heteroatoms. The third-order valence-corrected chi connectivity index (χ3v) is 2.62. The highest BCUT2D eigenvalue weighted by Gasteiger charge is 2.09. The van der Waals surface area contributed by atoms with Crippen molar-refractivity contribution in [2.75, 3.05) is 0 Å². The van der Waals surface area contributed by atoms with Gasteiger partial charge in [-0.3, -0.25) is 0 Å². The summed E-state index contributed by atoms with van der Waals surface area (Å²) in [7, 11) is 0. The fourth-order valence-electron chi connectivity index (χ4n) is 1.60. The number of aromatic nitrogens is 2. The van der Waals surface area contributed by atoms with E-state index in [2.05, 4.69) is 10.1 Å². The van der Waals surface area contributed by atoms with Crippen molar-refractivity contribution in [3.63, 3.8) is 0 Å². The first-order chi connectivity index (χ1) is 9.10. The number of carboxylic acid groups (broad SMARTS) is 1. The summed E-state index contributed by atoms with van der Waals surface area (Å²) in [5.74, 6) is 0.653. The van der Waals surface area contributed by atoms with Gasteiger partial charge in [0.1, 0.15) is 5.75 Å². The minimum Gasteiger partial charge on any atom is -0.484 e. The van der Waals surface area contributed by atoms with Crippen LogP contribution in [0.2, 0.25) is 0 Å². The highest BCUT2D eigenvalue weighted by atomic mass is 16.5. The summed E-state index contributed by atoms with van der Waals surface area (Å²) in [6.45, 7) is 3.82. The lowest BCUT2D eigenvalue weighted by molar-refractivity contribution is 0.0696. The van der Waals surface area contributed by atoms with E-state index in [1.54, 1.807) is 19.1 Å². The van der Waals surface area contributed by atoms with E-state index in [0.717, 1.165) is 0 Å². The number of carbonyl (C=O) groups is 1. The lowest BCUT2D eigenvalue weighted by atomic mass is 10.1. The zero-order valence-corrected chi connectivity index (χ0v) is 10.7. The molecule has 1 aromatic carbocycles. The van der Waals surface area contributed by atoms with Gasteiger partial charge in [-0.05, 0) is 30.7 Å². The fourth-order valence-corrected chi connectivity index (χ4v) is 1.60. The summed E-state index contributed by atoms with van der Waals surface area (Å²) in [6.07, 6.45) is 0.704. The van der Waals surface area contributed by atoms with Crippen LogP contribution in [0.1, 0.15) is 34.6 Å². The van der Waals surface area contributed by atoms with Crippen molar-refractivity contribution in [1.29, 1.82) is 0 Å². The predicted molar refractivity (Wildman–Crippen MR) is 66.1 cm³/mol. The summed E-state index contributed by atoms with van der Waals surface area (Å²) < 4.78 is 10.5. The number of aryl methyl sites for hydroxylation is 2. The van der Waals surface area contributed by atoms with Crippen LogP contribution in [0.25, 0.3) is 0 Å². The molecule has 19 heavy (non-hydrogen) atoms. The van der Waals surface area contributed by atoms with Crippen LogP contribution >= 0.6 is 0 Å². The Morgan fingerprint density at radius 2 is 2.26 bits per heavy atom. The second-order valence-electron chi connectivity index (χ2n) is 4.03. The summed E-state index contributed by atoms with van der Waals surface area (Å²) in [5, 5.41) is 12.7. The van der Waals surface area contributed by atoms with Crippen LogP contribution in [0.5, 0.6) is 5.75 Å². The fraction of sp³-hybridized carbons (Fsp3) is 0.308. The maximum absolute atomic E-state index is 10.9. The van der Waals surface area contributed by atoms with Crippen molar-refractivity contribution >= 4 is 5.97 Å². The Balaban J connectivity index is 2.03. The zero-order chi connectivity index (χ0) is 13.8. The molecule has 0 unspecified atom stereocenters. The van der Waals surface area contributed by atoms with E-state index in [0.29, 0.717) is 29.4 Å². The molecule has 2 aromatic rings. The van der Waals surface area contributed by atoms with Crippen LogP contribution in [0.3, 0.4) is 0 Å². The van der Waals surface area contributed by atoms with E-state index >= 15 is 0 Å². The van der Waals surface area contributed by atoms with Gasteiger partial charge >= 0.3 is 5.97 Å². The molecule has 6 nitrogen and oxygen atoms in total. The highest BCUT2D eigenvalue weighted by Crippen LogP contribution is 2.18. The second-order valence-corrected chi connectivity index (χ2v) is 4.03. The van der Waals surface area contributed by atoms with Crippen LogP contribution in [-0.2, 0) is 13.0 Å². The molecule has 0 radical (unpaired) electrons. The first-order valence-electron chi connectivity index (χ1n) is 5.88. The predicted octanol–water partition coefficient (Wildman–Crippen LogP) is 2.22. The Hall–Kier alpha value is -2.37. The number of hydrogen-bond acceptors (Lipinski definition) is 5. The molecule has 0 fully saturated rings. The third-order valence-electron chi connectivity index (χ3n) is 2.62. The maximum atomic E-state index is 10.9. The monoisotopic (exact) mass is 262 g/mol. The van der Waals surface area contributed by atoms with Crippen LogP contribution in [0, 0.1) is 6.92 Å². The summed E-state index contributed by atoms with van der Waals surface area (Å²) in [4.78, 5) is 15.0. The molecule has 0 spiro atoms. The molecule has 0 aliphatic rings. The molecule has 0 bridgehead atoms. The van der Waals surface area contributed by atoms with E-state index in [-0.39, 0.29) is 12.2 Å². The molecule has 0 aliphatic heterocycles. The lowest BCUT2D eigenvalue weighted by Crippen LogP contribution is -2.01. The van der Waals surface area contributed by atoms with Crippen LogP contribution in [0.4, 0.5) is 0 Å². The summed E-state index contributed by atoms with van der Waals surface area (Å²) >= 11 is 0. The Bertz CT molecular complexity index is 592. The number of rotatable bonds is 5. The van der Waals surface area contributed by atoms with E-state index in [4.69, 9.17) is 14.4 Å². The Kier molecular flexibility index (Phi) is 3.79. The van der Waals surface area contributed by atoms with Crippen LogP contribution < -0.4 is 4.74 Å². The largest absolute Gasteiger partial charge is 0.484 e. The topological polar surface area (TPSA) is 85.5 Å². The molecule has 1 N–H and O–H groups in total. The molecule has 0 atom stereocenters. The van der Waals surface area contributed by atoms with E-state index in [1.807, 2.05) is 6.92 Å². The smallest absolute Gasteiger partial charge is 0.335 e. The zero-order valence-electron chi connectivity index (χ0n) is 10.7. The van der Waals surface area contributed by atoms with Gasteiger partial charge in [0.05, 0.1) is 5.56 Å². The average molecular weight is 262 g/mol. The van der Waals surface area contributed by atoms with E-state index in [9.17, 15) is 4.79 Å². The van der Waals surface area contributed by atoms with Gasteiger partial charge < -0.3 is 14.4 Å². The standard InChI is InChI=1S/C13H14N2O4/c1-3-11-14-12(19-15-11)7-18-9-4-5-10(13(16)17)8(2)6-9/h4-6H,3,7H2,1-2H3,(H,16,17). The second kappa shape index (κ2) is 5.51. The molecule has 1 heterocycles. The number of aromatic carboxylic acids is 1. The highest BCUT2D eigenvalue weighted by molar-refractivity contribution is 5.89. The van der Waals surface area contributed by atoms with E-state index < -0.39 is 5.97 Å². The maximum Gasteiger partial charge on any atom is 0.335 e. The Morgan fingerprint density at radius 3 is 2.84 bits per heavy atom. The van der Waals surface area contributed by atoms with Crippen LogP contribution in [0.15, 0.2) is 22.7 Å². The van der Waals surface area contributed by atoms with Crippen molar-refractivity contribution in [1.82, 2.24) is 10.1 Å². The van der Waals surface area contributed by atoms with Gasteiger partial charge in [-0.25, -0.2) is 4.79 Å². The van der Waals surface area contributed by atoms with Crippen molar-refractivity contribution in [2.45, 2.75) is 26.9 Å². The number of hydrogen-bond donors (Lipinski definition) is 1. The molecule has 100 valence electrons. The molecule has 1 aromatic heterocycles. The molecule has 0 aliphatic carbocycles. The number of nitrogens with zero attached hydrogens (tertiary/aromatic N) is 2. The van der Waals surface area contributed by atoms with Gasteiger partial charge in [0.2, 0.25) is 0 Å². The van der Waals surface area contributed by atoms with Gasteiger partial charge in [0, 0.05) is 6.42 Å². The Labute approximate surface area is 110 Å². The van der Waals surface area contributed by atoms with Gasteiger partial charge in [0.25, 0.3) is 5.89 Å². The summed E-state index contributed by atoms with van der Waals surface area (Å²) in [5.41, 5.74) is 0.906. The number of carboxylic acids is 1.